The van der Waals surface area contributed by atoms with Gasteiger partial charge in [0.05, 0.1) is 13.2 Å². The molecule has 0 aliphatic rings. The predicted octanol–water partition coefficient (Wildman–Crippen LogP) is 4.64. The summed E-state index contributed by atoms with van der Waals surface area (Å²) in [7, 11) is 0. The zero-order valence-corrected chi connectivity index (χ0v) is 14.3. The molecule has 0 unspecified atom stereocenters. The molecule has 23 heavy (non-hydrogen) atoms. The molecule has 0 fully saturated rings. The van der Waals surface area contributed by atoms with Crippen LogP contribution < -0.4 is 20.3 Å². The molecule has 2 rings (SSSR count). The van der Waals surface area contributed by atoms with E-state index >= 15 is 0 Å². The topological polar surface area (TPSA) is 42.5 Å². The van der Waals surface area contributed by atoms with Crippen LogP contribution in [0.1, 0.15) is 25.8 Å². The first-order valence-corrected chi connectivity index (χ1v) is 8.24. The van der Waals surface area contributed by atoms with Crippen molar-refractivity contribution in [3.63, 3.8) is 0 Å². The Balaban J connectivity index is 2.04. The van der Waals surface area contributed by atoms with Crippen LogP contribution in [-0.2, 0) is 6.54 Å². The van der Waals surface area contributed by atoms with E-state index in [1.165, 1.54) is 0 Å². The SMILES string of the molecule is CCCOc1cc(Cl)c(CNNc2ccccc2)cc1OCC. The Morgan fingerprint density at radius 1 is 1.00 bits per heavy atom. The van der Waals surface area contributed by atoms with Crippen molar-refractivity contribution < 1.29 is 9.47 Å². The van der Waals surface area contributed by atoms with Gasteiger partial charge in [0.2, 0.25) is 0 Å². The number of para-hydroxylation sites is 1. The molecule has 2 N–H and O–H groups in total. The van der Waals surface area contributed by atoms with E-state index in [1.807, 2.05) is 49.4 Å². The summed E-state index contributed by atoms with van der Waals surface area (Å²) in [4.78, 5) is 0. The van der Waals surface area contributed by atoms with Gasteiger partial charge in [0.15, 0.2) is 11.5 Å². The van der Waals surface area contributed by atoms with Gasteiger partial charge in [0.25, 0.3) is 0 Å². The van der Waals surface area contributed by atoms with Crippen LogP contribution in [0.2, 0.25) is 5.02 Å². The highest BCUT2D eigenvalue weighted by atomic mass is 35.5. The number of anilines is 1. The number of hydrogen-bond donors (Lipinski definition) is 2. The summed E-state index contributed by atoms with van der Waals surface area (Å²) in [5.41, 5.74) is 8.24. The first-order valence-electron chi connectivity index (χ1n) is 7.86. The molecule has 0 saturated heterocycles. The molecule has 0 atom stereocenters. The molecule has 2 aromatic carbocycles. The van der Waals surface area contributed by atoms with E-state index in [0.717, 1.165) is 23.4 Å². The Kier molecular flexibility index (Phi) is 7.04. The van der Waals surface area contributed by atoms with Crippen LogP contribution in [0, 0.1) is 0 Å². The summed E-state index contributed by atoms with van der Waals surface area (Å²) >= 11 is 6.36. The maximum Gasteiger partial charge on any atom is 0.162 e. The standard InChI is InChI=1S/C18H23ClN2O2/c1-3-10-23-18-12-16(19)14(11-17(18)22-4-2)13-20-21-15-8-6-5-7-9-15/h5-9,11-12,20-21H,3-4,10,13H2,1-2H3. The lowest BCUT2D eigenvalue weighted by molar-refractivity contribution is 0.276. The summed E-state index contributed by atoms with van der Waals surface area (Å²) in [5, 5.41) is 0.655. The van der Waals surface area contributed by atoms with E-state index in [2.05, 4.69) is 17.8 Å². The van der Waals surface area contributed by atoms with Gasteiger partial charge in [-0.1, -0.05) is 36.7 Å². The molecule has 0 heterocycles. The lowest BCUT2D eigenvalue weighted by atomic mass is 10.2. The first kappa shape index (κ1) is 17.4. The van der Waals surface area contributed by atoms with Gasteiger partial charge in [-0.25, -0.2) is 5.43 Å². The minimum atomic E-state index is 0.571. The minimum absolute atomic E-state index is 0.571. The van der Waals surface area contributed by atoms with Gasteiger partial charge >= 0.3 is 0 Å². The lowest BCUT2D eigenvalue weighted by Gasteiger charge is -2.15. The molecule has 2 aromatic rings. The molecule has 0 bridgehead atoms. The van der Waals surface area contributed by atoms with Crippen LogP contribution in [0.4, 0.5) is 5.69 Å². The molecule has 0 aromatic heterocycles. The number of benzene rings is 2. The summed E-state index contributed by atoms with van der Waals surface area (Å²) in [6, 6.07) is 13.7. The quantitative estimate of drug-likeness (QED) is 0.655. The summed E-state index contributed by atoms with van der Waals surface area (Å²) in [6.45, 7) is 5.81. The molecule has 0 aliphatic heterocycles. The second-order valence-electron chi connectivity index (χ2n) is 5.02. The van der Waals surface area contributed by atoms with Crippen molar-refractivity contribution in [2.75, 3.05) is 18.6 Å². The Morgan fingerprint density at radius 2 is 1.74 bits per heavy atom. The summed E-state index contributed by atoms with van der Waals surface area (Å²) < 4.78 is 11.4. The number of rotatable bonds is 9. The Bertz CT molecular complexity index is 605. The fourth-order valence-electron chi connectivity index (χ4n) is 2.07. The molecular formula is C18H23ClN2O2. The minimum Gasteiger partial charge on any atom is -0.490 e. The first-order chi connectivity index (χ1) is 11.2. The Labute approximate surface area is 142 Å². The zero-order chi connectivity index (χ0) is 16.5. The molecule has 5 heteroatoms. The maximum absolute atomic E-state index is 6.36. The van der Waals surface area contributed by atoms with Gasteiger partial charge in [0.1, 0.15) is 0 Å². The van der Waals surface area contributed by atoms with E-state index in [0.29, 0.717) is 30.5 Å². The number of nitrogens with one attached hydrogen (secondary N) is 2. The Morgan fingerprint density at radius 3 is 2.43 bits per heavy atom. The van der Waals surface area contributed by atoms with Crippen molar-refractivity contribution in [3.8, 4) is 11.5 Å². The van der Waals surface area contributed by atoms with Crippen molar-refractivity contribution in [1.29, 1.82) is 0 Å². The smallest absolute Gasteiger partial charge is 0.162 e. The highest BCUT2D eigenvalue weighted by molar-refractivity contribution is 6.31. The van der Waals surface area contributed by atoms with Gasteiger partial charge < -0.3 is 14.9 Å². The number of halogens is 1. The largest absolute Gasteiger partial charge is 0.490 e. The van der Waals surface area contributed by atoms with Gasteiger partial charge in [-0.2, -0.15) is 0 Å². The molecular weight excluding hydrogens is 312 g/mol. The fraction of sp³-hybridized carbons (Fsp3) is 0.333. The lowest BCUT2D eigenvalue weighted by Crippen LogP contribution is -2.21. The monoisotopic (exact) mass is 334 g/mol. The average molecular weight is 335 g/mol. The highest BCUT2D eigenvalue weighted by Gasteiger charge is 2.11. The number of hydrogen-bond acceptors (Lipinski definition) is 4. The van der Waals surface area contributed by atoms with E-state index < -0.39 is 0 Å². The van der Waals surface area contributed by atoms with Gasteiger partial charge in [-0.05, 0) is 37.1 Å². The third kappa shape index (κ3) is 5.34. The third-order valence-corrected chi connectivity index (χ3v) is 3.51. The normalized spacial score (nSPS) is 10.4. The molecule has 4 nitrogen and oxygen atoms in total. The van der Waals surface area contributed by atoms with Crippen LogP contribution in [-0.4, -0.2) is 13.2 Å². The molecule has 0 aliphatic carbocycles. The number of hydrazine groups is 1. The van der Waals surface area contributed by atoms with Gasteiger partial charge in [0, 0.05) is 23.3 Å². The van der Waals surface area contributed by atoms with Crippen molar-refractivity contribution in [3.05, 3.63) is 53.1 Å². The highest BCUT2D eigenvalue weighted by Crippen LogP contribution is 2.33. The predicted molar refractivity (Wildman–Crippen MR) is 95.3 cm³/mol. The van der Waals surface area contributed by atoms with Crippen molar-refractivity contribution in [1.82, 2.24) is 5.43 Å². The maximum atomic E-state index is 6.36. The zero-order valence-electron chi connectivity index (χ0n) is 13.6. The summed E-state index contributed by atoms with van der Waals surface area (Å²) in [6.07, 6.45) is 0.938. The second kappa shape index (κ2) is 9.28. The Hall–Kier alpha value is -1.91. The molecule has 124 valence electrons. The average Bonchev–Trinajstić information content (AvgIpc) is 2.57. The molecule has 0 radical (unpaired) electrons. The van der Waals surface area contributed by atoms with E-state index in [4.69, 9.17) is 21.1 Å². The molecule has 0 spiro atoms. The van der Waals surface area contributed by atoms with E-state index in [-0.39, 0.29) is 0 Å². The van der Waals surface area contributed by atoms with Crippen LogP contribution in [0.15, 0.2) is 42.5 Å². The van der Waals surface area contributed by atoms with Crippen LogP contribution in [0.5, 0.6) is 11.5 Å². The number of ether oxygens (including phenoxy) is 2. The van der Waals surface area contributed by atoms with Crippen molar-refractivity contribution in [2.24, 2.45) is 0 Å². The molecule has 0 saturated carbocycles. The fourth-order valence-corrected chi connectivity index (χ4v) is 2.29. The van der Waals surface area contributed by atoms with Gasteiger partial charge in [-0.15, -0.1) is 0 Å². The molecule has 0 amide bonds. The van der Waals surface area contributed by atoms with Crippen molar-refractivity contribution in [2.45, 2.75) is 26.8 Å². The van der Waals surface area contributed by atoms with E-state index in [9.17, 15) is 0 Å². The summed E-state index contributed by atoms with van der Waals surface area (Å²) in [5.74, 6) is 1.42. The van der Waals surface area contributed by atoms with Crippen LogP contribution >= 0.6 is 11.6 Å². The van der Waals surface area contributed by atoms with Gasteiger partial charge in [-0.3, -0.25) is 0 Å². The second-order valence-corrected chi connectivity index (χ2v) is 5.42. The van der Waals surface area contributed by atoms with E-state index in [1.54, 1.807) is 0 Å². The van der Waals surface area contributed by atoms with Crippen LogP contribution in [0.3, 0.4) is 0 Å². The third-order valence-electron chi connectivity index (χ3n) is 3.16. The van der Waals surface area contributed by atoms with Crippen LogP contribution in [0.25, 0.3) is 0 Å². The van der Waals surface area contributed by atoms with Crippen molar-refractivity contribution >= 4 is 17.3 Å².